The number of carbonyl (C=O) groups excluding carboxylic acids is 1. The van der Waals surface area contributed by atoms with E-state index in [1.54, 1.807) is 43.8 Å². The molecule has 1 heterocycles. The Balaban J connectivity index is 1.71. The van der Waals surface area contributed by atoms with Crippen LogP contribution in [0, 0.1) is 0 Å². The highest BCUT2D eigenvalue weighted by Crippen LogP contribution is 2.26. The molecule has 7 heteroatoms. The average Bonchev–Trinajstić information content (AvgIpc) is 3.28. The quantitative estimate of drug-likeness (QED) is 0.379. The lowest BCUT2D eigenvalue weighted by Gasteiger charge is -2.20. The summed E-state index contributed by atoms with van der Waals surface area (Å²) in [6, 6.07) is 26.0. The third kappa shape index (κ3) is 4.65. The molecule has 1 amide bonds. The molecule has 6 nitrogen and oxygen atoms in total. The van der Waals surface area contributed by atoms with Crippen molar-refractivity contribution in [2.45, 2.75) is 30.5 Å². The number of para-hydroxylation sites is 1. The Hall–Kier alpha value is -3.71. The topological polar surface area (TPSA) is 72.3 Å². The van der Waals surface area contributed by atoms with E-state index < -0.39 is 15.1 Å². The summed E-state index contributed by atoms with van der Waals surface area (Å²) in [5.41, 5.74) is 3.65. The van der Waals surface area contributed by atoms with E-state index in [2.05, 4.69) is 0 Å². The van der Waals surface area contributed by atoms with E-state index in [1.807, 2.05) is 66.9 Å². The van der Waals surface area contributed by atoms with Crippen LogP contribution in [0.1, 0.15) is 29.8 Å². The van der Waals surface area contributed by atoms with E-state index in [9.17, 15) is 13.2 Å². The van der Waals surface area contributed by atoms with Gasteiger partial charge in [0.15, 0.2) is 9.84 Å². The Morgan fingerprint density at radius 1 is 0.912 bits per heavy atom. The number of nitrogens with zero attached hydrogens (tertiary/aromatic N) is 3. The lowest BCUT2D eigenvalue weighted by molar-refractivity contribution is 0.0781. The first-order chi connectivity index (χ1) is 16.3. The second-order valence-corrected chi connectivity index (χ2v) is 10.9. The van der Waals surface area contributed by atoms with E-state index in [-0.39, 0.29) is 22.9 Å². The van der Waals surface area contributed by atoms with Gasteiger partial charge in [0, 0.05) is 30.9 Å². The molecule has 0 fully saturated rings. The molecule has 4 aromatic rings. The zero-order chi connectivity index (χ0) is 24.3. The monoisotopic (exact) mass is 473 g/mol. The lowest BCUT2D eigenvalue weighted by Crippen LogP contribution is -2.28. The van der Waals surface area contributed by atoms with Gasteiger partial charge in [-0.2, -0.15) is 5.10 Å². The Morgan fingerprint density at radius 3 is 2.15 bits per heavy atom. The first kappa shape index (κ1) is 23.4. The second-order valence-electron chi connectivity index (χ2n) is 8.40. The number of benzene rings is 3. The summed E-state index contributed by atoms with van der Waals surface area (Å²) in [5, 5.41) is 4.17. The minimum absolute atomic E-state index is 0.0603. The highest BCUT2D eigenvalue weighted by atomic mass is 32.2. The van der Waals surface area contributed by atoms with E-state index in [0.29, 0.717) is 0 Å². The standard InChI is InChI=1S/C27H27N3O3S/c1-20(2)34(32,33)25-17-11-10-16-24(25)27(31)29(3)18-22-19-30(23-14-8-5-9-15-23)28-26(22)21-12-6-4-7-13-21/h4-17,19-20H,18H2,1-3H3. The molecule has 0 saturated heterocycles. The van der Waals surface area contributed by atoms with Crippen LogP contribution in [0.15, 0.2) is 96.0 Å². The van der Waals surface area contributed by atoms with Crippen molar-refractivity contribution in [3.63, 3.8) is 0 Å². The van der Waals surface area contributed by atoms with Crippen molar-refractivity contribution in [3.05, 3.63) is 102 Å². The maximum absolute atomic E-state index is 13.4. The predicted molar refractivity (Wildman–Crippen MR) is 134 cm³/mol. The second kappa shape index (κ2) is 9.65. The molecule has 174 valence electrons. The van der Waals surface area contributed by atoms with Crippen molar-refractivity contribution in [1.82, 2.24) is 14.7 Å². The fraction of sp³-hybridized carbons (Fsp3) is 0.185. The van der Waals surface area contributed by atoms with Crippen LogP contribution in [0.25, 0.3) is 16.9 Å². The zero-order valence-electron chi connectivity index (χ0n) is 19.4. The molecule has 0 aliphatic rings. The molecule has 0 atom stereocenters. The largest absolute Gasteiger partial charge is 0.337 e. The van der Waals surface area contributed by atoms with Crippen LogP contribution in [0.4, 0.5) is 0 Å². The van der Waals surface area contributed by atoms with Crippen LogP contribution in [-0.2, 0) is 16.4 Å². The van der Waals surface area contributed by atoms with Gasteiger partial charge in [-0.25, -0.2) is 13.1 Å². The fourth-order valence-electron chi connectivity index (χ4n) is 3.76. The minimum atomic E-state index is -3.61. The number of amides is 1. The number of carbonyl (C=O) groups is 1. The van der Waals surface area contributed by atoms with Gasteiger partial charge in [-0.05, 0) is 38.1 Å². The van der Waals surface area contributed by atoms with Gasteiger partial charge in [0.2, 0.25) is 0 Å². The van der Waals surface area contributed by atoms with Gasteiger partial charge in [-0.15, -0.1) is 0 Å². The Labute approximate surface area is 200 Å². The van der Waals surface area contributed by atoms with Crippen molar-refractivity contribution in [1.29, 1.82) is 0 Å². The average molecular weight is 474 g/mol. The number of hydrogen-bond acceptors (Lipinski definition) is 4. The van der Waals surface area contributed by atoms with E-state index >= 15 is 0 Å². The number of aromatic nitrogens is 2. The Morgan fingerprint density at radius 2 is 1.50 bits per heavy atom. The fourth-order valence-corrected chi connectivity index (χ4v) is 4.99. The maximum atomic E-state index is 13.4. The maximum Gasteiger partial charge on any atom is 0.255 e. The van der Waals surface area contributed by atoms with E-state index in [4.69, 9.17) is 5.10 Å². The molecule has 4 rings (SSSR count). The summed E-state index contributed by atoms with van der Waals surface area (Å²) in [6.45, 7) is 3.50. The molecule has 0 aliphatic heterocycles. The van der Waals surface area contributed by atoms with Crippen LogP contribution in [-0.4, -0.2) is 41.3 Å². The summed E-state index contributed by atoms with van der Waals surface area (Å²) in [6.07, 6.45) is 1.91. The molecular formula is C27H27N3O3S. The highest BCUT2D eigenvalue weighted by molar-refractivity contribution is 7.92. The van der Waals surface area contributed by atoms with Crippen molar-refractivity contribution in [3.8, 4) is 16.9 Å². The molecule has 0 N–H and O–H groups in total. The Kier molecular flexibility index (Phi) is 6.65. The summed E-state index contributed by atoms with van der Waals surface area (Å²) in [4.78, 5) is 15.0. The molecule has 0 radical (unpaired) electrons. The van der Waals surface area contributed by atoms with Crippen molar-refractivity contribution >= 4 is 15.7 Å². The Bertz CT molecular complexity index is 1400. The van der Waals surface area contributed by atoms with E-state index in [0.717, 1.165) is 22.5 Å². The van der Waals surface area contributed by atoms with Crippen LogP contribution < -0.4 is 0 Å². The molecule has 0 saturated carbocycles. The highest BCUT2D eigenvalue weighted by Gasteiger charge is 2.27. The lowest BCUT2D eigenvalue weighted by atomic mass is 10.1. The number of rotatable bonds is 7. The summed E-state index contributed by atoms with van der Waals surface area (Å²) < 4.78 is 27.5. The molecule has 0 spiro atoms. The van der Waals surface area contributed by atoms with Gasteiger partial charge in [0.25, 0.3) is 5.91 Å². The molecule has 34 heavy (non-hydrogen) atoms. The first-order valence-electron chi connectivity index (χ1n) is 11.1. The van der Waals surface area contributed by atoms with Crippen LogP contribution in [0.2, 0.25) is 0 Å². The SMILES string of the molecule is CC(C)S(=O)(=O)c1ccccc1C(=O)N(C)Cc1cn(-c2ccccc2)nc1-c1ccccc1. The number of hydrogen-bond donors (Lipinski definition) is 0. The third-order valence-corrected chi connectivity index (χ3v) is 7.87. The van der Waals surface area contributed by atoms with Gasteiger partial charge < -0.3 is 4.90 Å². The first-order valence-corrected chi connectivity index (χ1v) is 12.6. The third-order valence-electron chi connectivity index (χ3n) is 5.66. The van der Waals surface area contributed by atoms with Crippen molar-refractivity contribution in [2.24, 2.45) is 0 Å². The molecule has 0 bridgehead atoms. The van der Waals surface area contributed by atoms with Gasteiger partial charge in [0.05, 0.1) is 27.1 Å². The van der Waals surface area contributed by atoms with Crippen molar-refractivity contribution < 1.29 is 13.2 Å². The molecule has 3 aromatic carbocycles. The molecular weight excluding hydrogens is 446 g/mol. The molecule has 0 unspecified atom stereocenters. The van der Waals surface area contributed by atoms with Crippen LogP contribution in [0.5, 0.6) is 0 Å². The summed E-state index contributed by atoms with van der Waals surface area (Å²) >= 11 is 0. The van der Waals surface area contributed by atoms with Crippen molar-refractivity contribution in [2.75, 3.05) is 7.05 Å². The van der Waals surface area contributed by atoms with Gasteiger partial charge in [-0.1, -0.05) is 60.7 Å². The normalized spacial score (nSPS) is 11.5. The number of sulfone groups is 1. The molecule has 1 aromatic heterocycles. The minimum Gasteiger partial charge on any atom is -0.337 e. The predicted octanol–water partition coefficient (Wildman–Crippen LogP) is 4.99. The summed E-state index contributed by atoms with van der Waals surface area (Å²) in [5.74, 6) is -0.355. The summed E-state index contributed by atoms with van der Waals surface area (Å²) in [7, 11) is -1.93. The smallest absolute Gasteiger partial charge is 0.255 e. The van der Waals surface area contributed by atoms with E-state index in [1.165, 1.54) is 11.0 Å². The van der Waals surface area contributed by atoms with Gasteiger partial charge >= 0.3 is 0 Å². The van der Waals surface area contributed by atoms with Gasteiger partial charge in [0.1, 0.15) is 0 Å². The van der Waals surface area contributed by atoms with Crippen LogP contribution in [0.3, 0.4) is 0 Å². The van der Waals surface area contributed by atoms with Gasteiger partial charge in [-0.3, -0.25) is 4.79 Å². The molecule has 0 aliphatic carbocycles. The zero-order valence-corrected chi connectivity index (χ0v) is 20.2. The van der Waals surface area contributed by atoms with Crippen LogP contribution >= 0.6 is 0 Å².